The van der Waals surface area contributed by atoms with Crippen molar-refractivity contribution < 1.29 is 38.7 Å². The Morgan fingerprint density at radius 3 is 1.44 bits per heavy atom. The van der Waals surface area contributed by atoms with Gasteiger partial charge in [0.1, 0.15) is 13.2 Å². The largest absolute Gasteiger partial charge is 0.481 e. The van der Waals surface area contributed by atoms with Crippen LogP contribution in [0.5, 0.6) is 23.5 Å². The summed E-state index contributed by atoms with van der Waals surface area (Å²) in [7, 11) is 3.06. The average molecular weight is 728 g/mol. The second kappa shape index (κ2) is 19.5. The fourth-order valence-corrected chi connectivity index (χ4v) is 5.53. The number of aromatic nitrogens is 2. The third-order valence-corrected chi connectivity index (χ3v) is 8.42. The van der Waals surface area contributed by atoms with Crippen LogP contribution in [0.3, 0.4) is 0 Å². The molecule has 4 aromatic rings. The minimum Gasteiger partial charge on any atom is -0.481 e. The van der Waals surface area contributed by atoms with E-state index in [9.17, 15) is 9.59 Å². The van der Waals surface area contributed by atoms with Crippen LogP contribution in [-0.4, -0.2) is 59.4 Å². The quantitative estimate of drug-likeness (QED) is 0.0688. The summed E-state index contributed by atoms with van der Waals surface area (Å²) in [6.45, 7) is 2.36. The molecule has 0 saturated carbocycles. The smallest absolute Gasteiger partial charge is 0.303 e. The molecule has 0 aliphatic heterocycles. The minimum absolute atomic E-state index is 0.106. The lowest BCUT2D eigenvalue weighted by atomic mass is 10.0. The Bertz CT molecular complexity index is 1630. The van der Waals surface area contributed by atoms with Crippen molar-refractivity contribution in [3.8, 4) is 34.6 Å². The number of nitrogens with zero attached hydrogens (tertiary/aromatic N) is 2. The fraction of sp³-hybridized carbons (Fsp3) is 0.333. The van der Waals surface area contributed by atoms with Crippen LogP contribution in [0.4, 0.5) is 0 Å². The van der Waals surface area contributed by atoms with E-state index in [0.29, 0.717) is 72.6 Å². The highest BCUT2D eigenvalue weighted by Crippen LogP contribution is 2.37. The van der Waals surface area contributed by atoms with Gasteiger partial charge in [0.2, 0.25) is 23.5 Å². The van der Waals surface area contributed by atoms with Crippen LogP contribution in [0.2, 0.25) is 10.0 Å². The van der Waals surface area contributed by atoms with E-state index >= 15 is 0 Å². The molecule has 0 aliphatic rings. The van der Waals surface area contributed by atoms with Gasteiger partial charge >= 0.3 is 11.9 Å². The summed E-state index contributed by atoms with van der Waals surface area (Å²) >= 11 is 13.8. The molecular weight excluding hydrogens is 687 g/mol. The molecule has 2 aromatic heterocycles. The molecule has 2 heterocycles. The second-order valence-electron chi connectivity index (χ2n) is 11.1. The van der Waals surface area contributed by atoms with Gasteiger partial charge in [-0.25, -0.2) is 0 Å². The van der Waals surface area contributed by atoms with E-state index in [1.165, 1.54) is 14.2 Å². The summed E-state index contributed by atoms with van der Waals surface area (Å²) < 4.78 is 22.9. The number of ether oxygens (including phenoxy) is 4. The van der Waals surface area contributed by atoms with E-state index in [1.54, 1.807) is 12.1 Å². The highest BCUT2D eigenvalue weighted by Gasteiger charge is 2.16. The summed E-state index contributed by atoms with van der Waals surface area (Å²) in [5.74, 6) is -0.106. The van der Waals surface area contributed by atoms with Crippen LogP contribution in [-0.2, 0) is 35.9 Å². The Morgan fingerprint density at radius 1 is 0.640 bits per heavy atom. The van der Waals surface area contributed by atoms with Crippen molar-refractivity contribution in [2.24, 2.45) is 0 Å². The van der Waals surface area contributed by atoms with Crippen LogP contribution in [0.15, 0.2) is 60.7 Å². The SMILES string of the molecule is COc1nc(OCc2cccc(-c3cccc(COc4ccc(CNCCCC(=O)O)c(OC)n4)c3Cl)c2Cl)ccc1CNCCCC(=O)O. The van der Waals surface area contributed by atoms with Gasteiger partial charge in [-0.15, -0.1) is 0 Å². The summed E-state index contributed by atoms with van der Waals surface area (Å²) in [5.41, 5.74) is 4.57. The normalized spacial score (nSPS) is 10.9. The molecule has 0 atom stereocenters. The van der Waals surface area contributed by atoms with E-state index in [0.717, 1.165) is 33.4 Å². The molecule has 0 spiro atoms. The Hall–Kier alpha value is -4.62. The number of benzene rings is 2. The van der Waals surface area contributed by atoms with Gasteiger partial charge in [-0.1, -0.05) is 59.6 Å². The highest BCUT2D eigenvalue weighted by atomic mass is 35.5. The van der Waals surface area contributed by atoms with Gasteiger partial charge in [0, 0.05) is 71.4 Å². The highest BCUT2D eigenvalue weighted by molar-refractivity contribution is 6.37. The lowest BCUT2D eigenvalue weighted by molar-refractivity contribution is -0.138. The van der Waals surface area contributed by atoms with Gasteiger partial charge in [-0.3, -0.25) is 9.59 Å². The number of aliphatic carboxylic acids is 2. The molecule has 14 heteroatoms. The van der Waals surface area contributed by atoms with Crippen LogP contribution < -0.4 is 29.6 Å². The van der Waals surface area contributed by atoms with Crippen LogP contribution in [0.25, 0.3) is 11.1 Å². The molecular formula is C36H40Cl2N4O8. The molecule has 0 fully saturated rings. The van der Waals surface area contributed by atoms with Crippen LogP contribution >= 0.6 is 23.2 Å². The zero-order valence-electron chi connectivity index (χ0n) is 27.8. The average Bonchev–Trinajstić information content (AvgIpc) is 3.11. The Kier molecular flexibility index (Phi) is 14.9. The van der Waals surface area contributed by atoms with Gasteiger partial charge in [0.05, 0.1) is 24.3 Å². The topological polar surface area (TPSA) is 161 Å². The molecule has 0 bridgehead atoms. The van der Waals surface area contributed by atoms with E-state index in [2.05, 4.69) is 20.6 Å². The molecule has 0 aliphatic carbocycles. The van der Waals surface area contributed by atoms with Crippen molar-refractivity contribution in [1.82, 2.24) is 20.6 Å². The summed E-state index contributed by atoms with van der Waals surface area (Å²) in [6, 6.07) is 18.5. The number of nitrogens with one attached hydrogen (secondary N) is 2. The van der Waals surface area contributed by atoms with Gasteiger partial charge in [-0.05, 0) is 38.1 Å². The van der Waals surface area contributed by atoms with E-state index in [-0.39, 0.29) is 26.1 Å². The number of hydrogen-bond acceptors (Lipinski definition) is 10. The third kappa shape index (κ3) is 11.2. The molecule has 0 radical (unpaired) electrons. The molecule has 266 valence electrons. The zero-order valence-corrected chi connectivity index (χ0v) is 29.4. The summed E-state index contributed by atoms with van der Waals surface area (Å²) in [6.07, 6.45) is 1.26. The lowest BCUT2D eigenvalue weighted by Gasteiger charge is -2.15. The number of pyridine rings is 2. The van der Waals surface area contributed by atoms with Gasteiger partial charge < -0.3 is 39.8 Å². The predicted octanol–water partition coefficient (Wildman–Crippen LogP) is 6.53. The van der Waals surface area contributed by atoms with Crippen molar-refractivity contribution in [1.29, 1.82) is 0 Å². The third-order valence-electron chi connectivity index (χ3n) is 7.53. The molecule has 4 rings (SSSR count). The fourth-order valence-electron chi connectivity index (χ4n) is 4.97. The monoisotopic (exact) mass is 726 g/mol. The molecule has 0 saturated heterocycles. The van der Waals surface area contributed by atoms with Crippen LogP contribution in [0, 0.1) is 0 Å². The number of rotatable bonds is 21. The molecule has 0 unspecified atom stereocenters. The van der Waals surface area contributed by atoms with E-state index < -0.39 is 11.9 Å². The zero-order chi connectivity index (χ0) is 35.9. The minimum atomic E-state index is -0.822. The summed E-state index contributed by atoms with van der Waals surface area (Å²) in [5, 5.41) is 25.0. The van der Waals surface area contributed by atoms with E-state index in [1.807, 2.05) is 48.5 Å². The first-order valence-corrected chi connectivity index (χ1v) is 16.7. The number of halogens is 2. The number of methoxy groups -OCH3 is 2. The first-order chi connectivity index (χ1) is 24.2. The summed E-state index contributed by atoms with van der Waals surface area (Å²) in [4.78, 5) is 30.3. The maximum Gasteiger partial charge on any atom is 0.303 e. The number of carbonyl (C=O) groups is 2. The van der Waals surface area contributed by atoms with Crippen molar-refractivity contribution in [2.45, 2.75) is 52.0 Å². The van der Waals surface area contributed by atoms with Gasteiger partial charge in [-0.2, -0.15) is 9.97 Å². The number of carboxylic acids is 2. The first-order valence-electron chi connectivity index (χ1n) is 15.9. The predicted molar refractivity (Wildman–Crippen MR) is 189 cm³/mol. The Labute approximate surface area is 300 Å². The molecule has 2 aromatic carbocycles. The molecule has 0 amide bonds. The van der Waals surface area contributed by atoms with Gasteiger partial charge in [0.15, 0.2) is 0 Å². The first kappa shape index (κ1) is 38.2. The van der Waals surface area contributed by atoms with Gasteiger partial charge in [0.25, 0.3) is 0 Å². The Balaban J connectivity index is 1.38. The van der Waals surface area contributed by atoms with Crippen molar-refractivity contribution in [3.05, 3.63) is 93.0 Å². The Morgan fingerprint density at radius 2 is 1.06 bits per heavy atom. The molecule has 50 heavy (non-hydrogen) atoms. The second-order valence-corrected chi connectivity index (χ2v) is 11.9. The molecule has 12 nitrogen and oxygen atoms in total. The number of hydrogen-bond donors (Lipinski definition) is 4. The maximum absolute atomic E-state index is 10.7. The molecule has 4 N–H and O–H groups in total. The van der Waals surface area contributed by atoms with Crippen molar-refractivity contribution in [3.63, 3.8) is 0 Å². The lowest BCUT2D eigenvalue weighted by Crippen LogP contribution is -2.16. The number of carboxylic acid groups (broad SMARTS) is 2. The van der Waals surface area contributed by atoms with Crippen molar-refractivity contribution in [2.75, 3.05) is 27.3 Å². The van der Waals surface area contributed by atoms with Crippen LogP contribution in [0.1, 0.15) is 47.9 Å². The standard InChI is InChI=1S/C36H40Cl2N4O8/c1-47-35-23(19-39-17-5-11-31(43)44)13-15-29(41-35)49-21-25-7-3-9-27(33(25)37)28-10-4-8-26(34(28)38)22-50-30-16-14-24(36(42-30)48-2)20-40-18-6-12-32(45)46/h3-4,7-10,13-16,39-40H,5-6,11-12,17-22H2,1-2H3,(H,43,44)(H,45,46). The maximum atomic E-state index is 10.7. The van der Waals surface area contributed by atoms with Crippen molar-refractivity contribution >= 4 is 35.1 Å². The van der Waals surface area contributed by atoms with E-state index in [4.69, 9.17) is 52.4 Å².